The van der Waals surface area contributed by atoms with Crippen molar-refractivity contribution in [1.29, 1.82) is 0 Å². The number of anilines is 1. The fraction of sp³-hybridized carbons (Fsp3) is 0.385. The number of halogens is 2. The van der Waals surface area contributed by atoms with Crippen LogP contribution >= 0.6 is 23.2 Å². The molecule has 2 aromatic heterocycles. The zero-order valence-corrected chi connectivity index (χ0v) is 12.5. The normalized spacial score (nSPS) is 10.7. The van der Waals surface area contributed by atoms with Crippen molar-refractivity contribution in [2.24, 2.45) is 0 Å². The van der Waals surface area contributed by atoms with E-state index in [-0.39, 0.29) is 0 Å². The van der Waals surface area contributed by atoms with Crippen molar-refractivity contribution in [3.8, 4) is 11.4 Å². The minimum atomic E-state index is 0.530. The topological polar surface area (TPSA) is 42.7 Å². The van der Waals surface area contributed by atoms with E-state index in [0.29, 0.717) is 21.6 Å². The van der Waals surface area contributed by atoms with Crippen LogP contribution in [0.4, 0.5) is 5.82 Å². The number of pyridine rings is 1. The van der Waals surface area contributed by atoms with E-state index in [2.05, 4.69) is 22.3 Å². The molecule has 0 aromatic carbocycles. The maximum atomic E-state index is 6.24. The van der Waals surface area contributed by atoms with E-state index in [1.807, 2.05) is 17.7 Å². The van der Waals surface area contributed by atoms with Crippen LogP contribution in [0.15, 0.2) is 18.3 Å². The molecule has 1 N–H and O–H groups in total. The first kappa shape index (κ1) is 14.2. The van der Waals surface area contributed by atoms with Crippen LogP contribution in [0.1, 0.15) is 20.3 Å². The first-order valence-corrected chi connectivity index (χ1v) is 7.05. The van der Waals surface area contributed by atoms with Crippen LogP contribution in [0.5, 0.6) is 0 Å². The average Bonchev–Trinajstić information content (AvgIpc) is 2.86. The maximum Gasteiger partial charge on any atom is 0.145 e. The molecule has 2 rings (SSSR count). The van der Waals surface area contributed by atoms with Gasteiger partial charge in [0, 0.05) is 19.3 Å². The Labute approximate surface area is 122 Å². The molecule has 0 amide bonds. The fourth-order valence-electron chi connectivity index (χ4n) is 1.80. The lowest BCUT2D eigenvalue weighted by molar-refractivity contribution is 0.666. The van der Waals surface area contributed by atoms with E-state index in [1.165, 1.54) is 0 Å². The van der Waals surface area contributed by atoms with Gasteiger partial charge in [0.2, 0.25) is 0 Å². The highest BCUT2D eigenvalue weighted by molar-refractivity contribution is 6.37. The molecule has 2 heterocycles. The van der Waals surface area contributed by atoms with Crippen LogP contribution in [0.25, 0.3) is 11.4 Å². The summed E-state index contributed by atoms with van der Waals surface area (Å²) in [5, 5.41) is 8.49. The number of nitrogens with one attached hydrogen (secondary N) is 1. The average molecular weight is 299 g/mol. The second kappa shape index (κ2) is 6.26. The van der Waals surface area contributed by atoms with E-state index in [4.69, 9.17) is 23.2 Å². The SMILES string of the molecule is CCCNc1nc(-c2ccnn2CC)c(Cl)cc1Cl. The molecular formula is C13H16Cl2N4. The van der Waals surface area contributed by atoms with E-state index >= 15 is 0 Å². The van der Waals surface area contributed by atoms with Crippen molar-refractivity contribution in [2.75, 3.05) is 11.9 Å². The Balaban J connectivity index is 2.45. The fourth-order valence-corrected chi connectivity index (χ4v) is 2.32. The number of hydrogen-bond acceptors (Lipinski definition) is 3. The maximum absolute atomic E-state index is 6.24. The smallest absolute Gasteiger partial charge is 0.145 e. The Bertz CT molecular complexity index is 566. The first-order chi connectivity index (χ1) is 9.17. The zero-order chi connectivity index (χ0) is 13.8. The molecule has 0 aliphatic heterocycles. The molecule has 0 bridgehead atoms. The van der Waals surface area contributed by atoms with E-state index in [9.17, 15) is 0 Å². The molecule has 0 saturated carbocycles. The number of hydrogen-bond donors (Lipinski definition) is 1. The van der Waals surface area contributed by atoms with Crippen molar-refractivity contribution < 1.29 is 0 Å². The number of nitrogens with zero attached hydrogens (tertiary/aromatic N) is 3. The van der Waals surface area contributed by atoms with Gasteiger partial charge in [0.05, 0.1) is 15.7 Å². The Hall–Kier alpha value is -1.26. The van der Waals surface area contributed by atoms with Crippen LogP contribution in [-0.2, 0) is 6.54 Å². The van der Waals surface area contributed by atoms with Gasteiger partial charge in [-0.2, -0.15) is 5.10 Å². The Kier molecular flexibility index (Phi) is 4.66. The third kappa shape index (κ3) is 3.01. The minimum Gasteiger partial charge on any atom is -0.369 e. The number of aryl methyl sites for hydroxylation is 1. The van der Waals surface area contributed by atoms with E-state index in [1.54, 1.807) is 12.3 Å². The monoisotopic (exact) mass is 298 g/mol. The highest BCUT2D eigenvalue weighted by atomic mass is 35.5. The van der Waals surface area contributed by atoms with Gasteiger partial charge in [0.1, 0.15) is 11.5 Å². The van der Waals surface area contributed by atoms with Crippen molar-refractivity contribution in [3.05, 3.63) is 28.4 Å². The predicted octanol–water partition coefficient (Wildman–Crippen LogP) is 4.09. The summed E-state index contributed by atoms with van der Waals surface area (Å²) in [4.78, 5) is 4.52. The second-order valence-corrected chi connectivity index (χ2v) is 4.92. The summed E-state index contributed by atoms with van der Waals surface area (Å²) in [6.45, 7) is 5.70. The molecule has 0 spiro atoms. The van der Waals surface area contributed by atoms with Gasteiger partial charge in [-0.25, -0.2) is 4.98 Å². The molecule has 2 aromatic rings. The lowest BCUT2D eigenvalue weighted by atomic mass is 10.2. The molecule has 19 heavy (non-hydrogen) atoms. The highest BCUT2D eigenvalue weighted by Gasteiger charge is 2.14. The minimum absolute atomic E-state index is 0.530. The Morgan fingerprint density at radius 3 is 2.74 bits per heavy atom. The lowest BCUT2D eigenvalue weighted by Gasteiger charge is -2.11. The summed E-state index contributed by atoms with van der Waals surface area (Å²) in [5.74, 6) is 0.659. The van der Waals surface area contributed by atoms with Gasteiger partial charge in [0.25, 0.3) is 0 Å². The molecule has 0 fully saturated rings. The molecule has 0 aliphatic carbocycles. The Morgan fingerprint density at radius 2 is 2.05 bits per heavy atom. The summed E-state index contributed by atoms with van der Waals surface area (Å²) >= 11 is 12.4. The predicted molar refractivity (Wildman–Crippen MR) is 79.9 cm³/mol. The Morgan fingerprint density at radius 1 is 1.26 bits per heavy atom. The largest absolute Gasteiger partial charge is 0.369 e. The number of aromatic nitrogens is 3. The second-order valence-electron chi connectivity index (χ2n) is 4.11. The zero-order valence-electron chi connectivity index (χ0n) is 11.0. The molecule has 0 radical (unpaired) electrons. The van der Waals surface area contributed by atoms with Crippen LogP contribution < -0.4 is 5.32 Å². The van der Waals surface area contributed by atoms with Gasteiger partial charge in [-0.1, -0.05) is 30.1 Å². The van der Waals surface area contributed by atoms with Crippen LogP contribution in [0, 0.1) is 0 Å². The van der Waals surface area contributed by atoms with Crippen LogP contribution in [-0.4, -0.2) is 21.3 Å². The van der Waals surface area contributed by atoms with Gasteiger partial charge in [-0.05, 0) is 25.5 Å². The molecule has 6 heteroatoms. The van der Waals surface area contributed by atoms with Gasteiger partial charge in [-0.15, -0.1) is 0 Å². The van der Waals surface area contributed by atoms with Crippen LogP contribution in [0.2, 0.25) is 10.0 Å². The summed E-state index contributed by atoms with van der Waals surface area (Å²) in [6, 6.07) is 3.62. The van der Waals surface area contributed by atoms with E-state index in [0.717, 1.165) is 25.2 Å². The van der Waals surface area contributed by atoms with Gasteiger partial charge in [0.15, 0.2) is 0 Å². The summed E-state index contributed by atoms with van der Waals surface area (Å²) in [6.07, 6.45) is 2.74. The first-order valence-electron chi connectivity index (χ1n) is 6.29. The highest BCUT2D eigenvalue weighted by Crippen LogP contribution is 2.32. The molecule has 0 saturated heterocycles. The molecule has 102 valence electrons. The van der Waals surface area contributed by atoms with Crippen molar-refractivity contribution in [2.45, 2.75) is 26.8 Å². The van der Waals surface area contributed by atoms with Crippen molar-refractivity contribution >= 4 is 29.0 Å². The molecule has 0 unspecified atom stereocenters. The van der Waals surface area contributed by atoms with Crippen molar-refractivity contribution in [1.82, 2.24) is 14.8 Å². The van der Waals surface area contributed by atoms with Crippen LogP contribution in [0.3, 0.4) is 0 Å². The summed E-state index contributed by atoms with van der Waals surface area (Å²) < 4.78 is 1.85. The van der Waals surface area contributed by atoms with Crippen molar-refractivity contribution in [3.63, 3.8) is 0 Å². The van der Waals surface area contributed by atoms with Gasteiger partial charge in [-0.3, -0.25) is 4.68 Å². The third-order valence-corrected chi connectivity index (χ3v) is 3.31. The standard InChI is InChI=1S/C13H16Cl2N4/c1-3-6-16-13-10(15)8-9(14)12(18-13)11-5-7-17-19(11)4-2/h5,7-8H,3-4,6H2,1-2H3,(H,16,18). The molecule has 0 aliphatic rings. The molecule has 4 nitrogen and oxygen atoms in total. The molecule has 0 atom stereocenters. The summed E-state index contributed by atoms with van der Waals surface area (Å²) in [5.41, 5.74) is 1.59. The quantitative estimate of drug-likeness (QED) is 0.904. The lowest BCUT2D eigenvalue weighted by Crippen LogP contribution is -2.05. The summed E-state index contributed by atoms with van der Waals surface area (Å²) in [7, 11) is 0. The van der Waals surface area contributed by atoms with Gasteiger partial charge < -0.3 is 5.32 Å². The number of rotatable bonds is 5. The third-order valence-electron chi connectivity index (χ3n) is 2.73. The van der Waals surface area contributed by atoms with Gasteiger partial charge >= 0.3 is 0 Å². The molecular weight excluding hydrogens is 283 g/mol. The van der Waals surface area contributed by atoms with E-state index < -0.39 is 0 Å².